The normalized spacial score (nSPS) is 15.1. The lowest BCUT2D eigenvalue weighted by atomic mass is 10.2. The number of phosphoric ester groups is 1. The largest absolute Gasteiger partial charge is 0.474 e. The summed E-state index contributed by atoms with van der Waals surface area (Å²) >= 11 is 0. The summed E-state index contributed by atoms with van der Waals surface area (Å²) in [5, 5.41) is 0. The first-order valence-corrected chi connectivity index (χ1v) is 10.7. The second-order valence-corrected chi connectivity index (χ2v) is 8.53. The molecule has 0 fully saturated rings. The predicted molar refractivity (Wildman–Crippen MR) is 86.2 cm³/mol. The molecular weight excluding hydrogens is 560 g/mol. The monoisotopic (exact) mass is 578 g/mol. The van der Waals surface area contributed by atoms with Gasteiger partial charge in [0.2, 0.25) is 0 Å². The Morgan fingerprint density at radius 1 is 0.429 bits per heavy atom. The molecule has 212 valence electrons. The van der Waals surface area contributed by atoms with Crippen LogP contribution in [0.25, 0.3) is 0 Å². The number of halogens is 15. The molecule has 35 heavy (non-hydrogen) atoms. The van der Waals surface area contributed by atoms with E-state index in [1.165, 1.54) is 0 Å². The molecule has 20 heteroatoms. The van der Waals surface area contributed by atoms with Gasteiger partial charge >= 0.3 is 44.1 Å². The van der Waals surface area contributed by atoms with Gasteiger partial charge in [-0.1, -0.05) is 0 Å². The average molecular weight is 578 g/mol. The first kappa shape index (κ1) is 34.1. The van der Waals surface area contributed by atoms with Crippen LogP contribution in [-0.2, 0) is 18.1 Å². The lowest BCUT2D eigenvalue weighted by molar-refractivity contribution is -0.285. The Hall–Kier alpha value is -0.940. The van der Waals surface area contributed by atoms with Crippen LogP contribution in [0.1, 0.15) is 38.5 Å². The molecule has 0 aliphatic carbocycles. The molecule has 0 saturated carbocycles. The molecule has 0 aromatic rings. The van der Waals surface area contributed by atoms with Crippen molar-refractivity contribution in [3.05, 3.63) is 0 Å². The Morgan fingerprint density at radius 3 is 0.800 bits per heavy atom. The summed E-state index contributed by atoms with van der Waals surface area (Å²) in [6, 6.07) is 0. The zero-order valence-corrected chi connectivity index (χ0v) is 18.0. The van der Waals surface area contributed by atoms with E-state index < -0.39 is 102 Å². The Labute approximate surface area is 187 Å². The van der Waals surface area contributed by atoms with E-state index in [4.69, 9.17) is 0 Å². The van der Waals surface area contributed by atoms with Crippen molar-refractivity contribution < 1.29 is 84.0 Å². The van der Waals surface area contributed by atoms with Crippen LogP contribution in [0.15, 0.2) is 0 Å². The molecule has 0 aliphatic rings. The van der Waals surface area contributed by atoms with Crippen molar-refractivity contribution in [2.24, 2.45) is 0 Å². The van der Waals surface area contributed by atoms with Gasteiger partial charge < -0.3 is 0 Å². The van der Waals surface area contributed by atoms with E-state index in [-0.39, 0.29) is 0 Å². The van der Waals surface area contributed by atoms with E-state index in [0.29, 0.717) is 0 Å². The fourth-order valence-electron chi connectivity index (χ4n) is 1.95. The van der Waals surface area contributed by atoms with Crippen molar-refractivity contribution in [3.8, 4) is 0 Å². The molecule has 0 aromatic heterocycles. The summed E-state index contributed by atoms with van der Waals surface area (Å²) in [5.41, 5.74) is 0. The molecule has 0 bridgehead atoms. The maximum absolute atomic E-state index is 12.8. The van der Waals surface area contributed by atoms with Gasteiger partial charge in [-0.2, -0.15) is 65.9 Å². The number of alkyl halides is 15. The topological polar surface area (TPSA) is 44.8 Å². The van der Waals surface area contributed by atoms with Crippen LogP contribution >= 0.6 is 7.82 Å². The molecule has 0 unspecified atom stereocenters. The van der Waals surface area contributed by atoms with Crippen molar-refractivity contribution in [1.82, 2.24) is 0 Å². The Morgan fingerprint density at radius 2 is 0.629 bits per heavy atom. The van der Waals surface area contributed by atoms with Gasteiger partial charge in [-0.3, -0.25) is 13.6 Å². The first-order chi connectivity index (χ1) is 15.4. The first-order valence-electron chi connectivity index (χ1n) is 9.24. The van der Waals surface area contributed by atoms with Crippen LogP contribution in [0.4, 0.5) is 65.9 Å². The van der Waals surface area contributed by atoms with Crippen LogP contribution in [0.5, 0.6) is 0 Å². The second kappa shape index (κ2) is 12.1. The molecule has 0 atom stereocenters. The molecular formula is C15H18F15O4P. The van der Waals surface area contributed by atoms with E-state index in [1.54, 1.807) is 0 Å². The summed E-state index contributed by atoms with van der Waals surface area (Å²) in [4.78, 5) is 0. The fourth-order valence-corrected chi connectivity index (χ4v) is 3.23. The molecule has 0 radical (unpaired) electrons. The highest BCUT2D eigenvalue weighted by atomic mass is 31.2. The molecule has 0 aliphatic heterocycles. The van der Waals surface area contributed by atoms with E-state index in [1.807, 2.05) is 0 Å². The Bertz CT molecular complexity index is 597. The molecule has 0 spiro atoms. The van der Waals surface area contributed by atoms with Crippen LogP contribution in [0.3, 0.4) is 0 Å². The minimum atomic E-state index is -5.96. The van der Waals surface area contributed by atoms with Crippen LogP contribution < -0.4 is 0 Å². The lowest BCUT2D eigenvalue weighted by Crippen LogP contribution is -2.36. The molecule has 4 nitrogen and oxygen atoms in total. The predicted octanol–water partition coefficient (Wildman–Crippen LogP) is 8.08. The highest BCUT2D eigenvalue weighted by molar-refractivity contribution is 7.48. The van der Waals surface area contributed by atoms with Gasteiger partial charge in [0.15, 0.2) is 0 Å². The van der Waals surface area contributed by atoms with Gasteiger partial charge in [-0.05, 0) is 19.3 Å². The Kier molecular flexibility index (Phi) is 11.7. The highest BCUT2D eigenvalue weighted by Crippen LogP contribution is 2.51. The number of hydrogen-bond acceptors (Lipinski definition) is 4. The van der Waals surface area contributed by atoms with Crippen LogP contribution in [0, 0.1) is 0 Å². The molecule has 0 heterocycles. The standard InChI is InChI=1S/C15H18F15O4P/c16-10(17,13(22,23)24)4-1-7-32-35(31,33-8-2-5-11(18,19)14(25,26)27)34-9-3-6-12(20,21)15(28,29)30/h1-9H2. The average Bonchev–Trinajstić information content (AvgIpc) is 2.63. The third kappa shape index (κ3) is 11.3. The maximum Gasteiger partial charge on any atom is 0.474 e. The van der Waals surface area contributed by atoms with Gasteiger partial charge in [-0.25, -0.2) is 4.57 Å². The molecule has 0 saturated heterocycles. The molecule has 0 amide bonds. The summed E-state index contributed by atoms with van der Waals surface area (Å²) in [5.74, 6) is -15.6. The molecule has 0 aromatic carbocycles. The second-order valence-electron chi connectivity index (χ2n) is 6.86. The zero-order valence-electron chi connectivity index (χ0n) is 17.1. The van der Waals surface area contributed by atoms with Crippen molar-refractivity contribution in [2.45, 2.75) is 74.8 Å². The summed E-state index contributed by atoms with van der Waals surface area (Å²) in [6.07, 6.45) is -27.2. The number of hydrogen-bond donors (Lipinski definition) is 0. The van der Waals surface area contributed by atoms with E-state index in [0.717, 1.165) is 0 Å². The van der Waals surface area contributed by atoms with Crippen LogP contribution in [0.2, 0.25) is 0 Å². The smallest absolute Gasteiger partial charge is 0.287 e. The van der Waals surface area contributed by atoms with Crippen molar-refractivity contribution >= 4 is 7.82 Å². The van der Waals surface area contributed by atoms with Crippen molar-refractivity contribution in [3.63, 3.8) is 0 Å². The quantitative estimate of drug-likeness (QED) is 0.112. The maximum atomic E-state index is 12.8. The summed E-state index contributed by atoms with van der Waals surface area (Å²) < 4.78 is 211. The van der Waals surface area contributed by atoms with E-state index >= 15 is 0 Å². The number of rotatable bonds is 15. The third-order valence-electron chi connectivity index (χ3n) is 3.90. The van der Waals surface area contributed by atoms with E-state index in [2.05, 4.69) is 13.6 Å². The van der Waals surface area contributed by atoms with Gasteiger partial charge in [0, 0.05) is 19.3 Å². The Balaban J connectivity index is 4.99. The summed E-state index contributed by atoms with van der Waals surface area (Å²) in [7, 11) is -5.17. The SMILES string of the molecule is O=P(OCCCC(F)(F)C(F)(F)F)(OCCCC(F)(F)C(F)(F)F)OCCCC(F)(F)C(F)(F)F. The lowest BCUT2D eigenvalue weighted by Gasteiger charge is -2.22. The minimum absolute atomic E-state index is 1.18. The number of phosphoric acid groups is 1. The molecule has 0 rings (SSSR count). The van der Waals surface area contributed by atoms with Gasteiger partial charge in [0.25, 0.3) is 0 Å². The van der Waals surface area contributed by atoms with Crippen molar-refractivity contribution in [2.75, 3.05) is 19.8 Å². The fraction of sp³-hybridized carbons (Fsp3) is 1.00. The third-order valence-corrected chi connectivity index (χ3v) is 5.39. The van der Waals surface area contributed by atoms with Gasteiger partial charge in [0.05, 0.1) is 19.8 Å². The van der Waals surface area contributed by atoms with E-state index in [9.17, 15) is 70.4 Å². The molecule has 0 N–H and O–H groups in total. The summed E-state index contributed by atoms with van der Waals surface area (Å²) in [6.45, 7) is -3.75. The minimum Gasteiger partial charge on any atom is -0.287 e. The highest BCUT2D eigenvalue weighted by Gasteiger charge is 2.58. The van der Waals surface area contributed by atoms with Gasteiger partial charge in [-0.15, -0.1) is 0 Å². The van der Waals surface area contributed by atoms with Crippen LogP contribution in [-0.4, -0.2) is 56.1 Å². The van der Waals surface area contributed by atoms with Crippen molar-refractivity contribution in [1.29, 1.82) is 0 Å². The van der Waals surface area contributed by atoms with Gasteiger partial charge in [0.1, 0.15) is 0 Å². The zero-order chi connectivity index (χ0) is 28.0.